The highest BCUT2D eigenvalue weighted by Crippen LogP contribution is 2.15. The number of aliphatic hydroxyl groups excluding tert-OH is 2. The van der Waals surface area contributed by atoms with E-state index >= 15 is 0 Å². The van der Waals surface area contributed by atoms with Crippen LogP contribution in [0.25, 0.3) is 0 Å². The summed E-state index contributed by atoms with van der Waals surface area (Å²) in [5, 5.41) is 19.1. The number of aryl methyl sites for hydroxylation is 2. The summed E-state index contributed by atoms with van der Waals surface area (Å²) < 4.78 is 11.4. The van der Waals surface area contributed by atoms with Crippen molar-refractivity contribution in [1.82, 2.24) is 10.2 Å². The molecule has 2 aromatic rings. The Hall–Kier alpha value is -1.51. The van der Waals surface area contributed by atoms with E-state index in [0.717, 1.165) is 32.8 Å². The number of rotatable bonds is 7. The lowest BCUT2D eigenvalue weighted by molar-refractivity contribution is -0.226. The second kappa shape index (κ2) is 17.9. The number of aliphatic hydroxyl groups is 2. The van der Waals surface area contributed by atoms with Crippen LogP contribution in [0.15, 0.2) is 48.5 Å². The zero-order chi connectivity index (χ0) is 25.2. The van der Waals surface area contributed by atoms with Gasteiger partial charge in [-0.25, -0.2) is 0 Å². The fourth-order valence-electron chi connectivity index (χ4n) is 3.06. The van der Waals surface area contributed by atoms with Crippen LogP contribution in [0, 0.1) is 13.8 Å². The maximum absolute atomic E-state index is 8.15. The molecule has 3 N–H and O–H groups in total. The Balaban J connectivity index is 0.000000301. The second-order valence-electron chi connectivity index (χ2n) is 8.67. The largest absolute Gasteiger partial charge is 0.395 e. The van der Waals surface area contributed by atoms with Gasteiger partial charge in [0.25, 0.3) is 0 Å². The molecule has 0 atom stereocenters. The van der Waals surface area contributed by atoms with E-state index in [9.17, 15) is 0 Å². The Kier molecular flexibility index (Phi) is 16.0. The van der Waals surface area contributed by atoms with Crippen molar-refractivity contribution in [2.75, 3.05) is 52.6 Å². The lowest BCUT2D eigenvalue weighted by atomic mass is 10.1. The van der Waals surface area contributed by atoms with E-state index in [1.54, 1.807) is 0 Å². The molecule has 2 aromatic carbocycles. The minimum absolute atomic E-state index is 0.139. The predicted molar refractivity (Wildman–Crippen MR) is 140 cm³/mol. The second-order valence-corrected chi connectivity index (χ2v) is 8.94. The van der Waals surface area contributed by atoms with Crippen molar-refractivity contribution in [2.45, 2.75) is 45.9 Å². The van der Waals surface area contributed by atoms with Crippen LogP contribution < -0.4 is 5.32 Å². The van der Waals surface area contributed by atoms with Crippen LogP contribution in [0.4, 0.5) is 0 Å². The van der Waals surface area contributed by atoms with E-state index in [1.165, 1.54) is 22.3 Å². The van der Waals surface area contributed by atoms with Gasteiger partial charge in [-0.15, -0.1) is 11.6 Å². The third-order valence-corrected chi connectivity index (χ3v) is 5.40. The zero-order valence-electron chi connectivity index (χ0n) is 21.2. The summed E-state index contributed by atoms with van der Waals surface area (Å²) in [5.41, 5.74) is 5.12. The van der Waals surface area contributed by atoms with Gasteiger partial charge in [-0.3, -0.25) is 4.90 Å². The van der Waals surface area contributed by atoms with Crippen molar-refractivity contribution >= 4 is 11.6 Å². The number of hydrogen-bond donors (Lipinski definition) is 3. The molecule has 6 nitrogen and oxygen atoms in total. The topological polar surface area (TPSA) is 74.2 Å². The van der Waals surface area contributed by atoms with Gasteiger partial charge in [-0.1, -0.05) is 59.7 Å². The van der Waals surface area contributed by atoms with Gasteiger partial charge in [0.1, 0.15) is 0 Å². The molecule has 1 fully saturated rings. The summed E-state index contributed by atoms with van der Waals surface area (Å²) in [5.74, 6) is 0.177. The maximum atomic E-state index is 8.15. The molecule has 1 aliphatic heterocycles. The first-order valence-electron chi connectivity index (χ1n) is 11.9. The number of benzene rings is 2. The molecule has 1 saturated heterocycles. The van der Waals surface area contributed by atoms with Crippen LogP contribution >= 0.6 is 11.6 Å². The van der Waals surface area contributed by atoms with E-state index in [4.69, 9.17) is 31.3 Å². The highest BCUT2D eigenvalue weighted by molar-refractivity contribution is 6.17. The Morgan fingerprint density at radius 1 is 0.824 bits per heavy atom. The van der Waals surface area contributed by atoms with Crippen LogP contribution in [0.1, 0.15) is 36.1 Å². The van der Waals surface area contributed by atoms with Crippen molar-refractivity contribution in [3.8, 4) is 0 Å². The third-order valence-electron chi connectivity index (χ3n) is 5.09. The molecule has 0 amide bonds. The fraction of sp³-hybridized carbons (Fsp3) is 0.556. The van der Waals surface area contributed by atoms with Crippen LogP contribution in [0.5, 0.6) is 0 Å². The van der Waals surface area contributed by atoms with Gasteiger partial charge < -0.3 is 25.0 Å². The Morgan fingerprint density at radius 2 is 1.26 bits per heavy atom. The Bertz CT molecular complexity index is 738. The third kappa shape index (κ3) is 14.7. The van der Waals surface area contributed by atoms with E-state index in [-0.39, 0.29) is 13.2 Å². The molecule has 0 bridgehead atoms. The van der Waals surface area contributed by atoms with Crippen molar-refractivity contribution in [2.24, 2.45) is 0 Å². The maximum Gasteiger partial charge on any atom is 0.162 e. The summed E-state index contributed by atoms with van der Waals surface area (Å²) in [6.07, 6.45) is 0. The summed E-state index contributed by atoms with van der Waals surface area (Å²) in [4.78, 5) is 2.37. The number of alkyl halides is 1. The quantitative estimate of drug-likeness (QED) is 0.401. The molecule has 1 heterocycles. The summed E-state index contributed by atoms with van der Waals surface area (Å²) in [7, 11) is 0. The molecule has 0 aliphatic carbocycles. The minimum Gasteiger partial charge on any atom is -0.395 e. The van der Waals surface area contributed by atoms with Gasteiger partial charge in [0.2, 0.25) is 0 Å². The minimum atomic E-state index is -0.435. The number of ether oxygens (including phenoxy) is 2. The van der Waals surface area contributed by atoms with E-state index in [0.29, 0.717) is 19.0 Å². The average Bonchev–Trinajstić information content (AvgIpc) is 2.81. The zero-order valence-corrected chi connectivity index (χ0v) is 22.0. The molecule has 7 heteroatoms. The number of halogens is 1. The first kappa shape index (κ1) is 30.5. The standard InChI is InChI=1S/C15H23NO2.C8H9Cl.C4H11NO2/c1-13-4-6-14(7-5-13)12-16-8-10-17-15(2,3)18-11-9-16;1-7-2-4-8(6-9)5-3-7;6-3-1-5-2-4-7/h4-7H,8-12H2,1-3H3;2-5H,6H2,1H3;5-7H,1-4H2. The molecule has 34 heavy (non-hydrogen) atoms. The number of hydrogen-bond acceptors (Lipinski definition) is 6. The SMILES string of the molecule is Cc1ccc(CCl)cc1.Cc1ccc(CN2CCOC(C)(C)OCC2)cc1.OCCNCCO. The van der Waals surface area contributed by atoms with Gasteiger partial charge in [0.15, 0.2) is 5.79 Å². The van der Waals surface area contributed by atoms with Gasteiger partial charge in [0, 0.05) is 38.6 Å². The monoisotopic (exact) mass is 494 g/mol. The molecular weight excluding hydrogens is 452 g/mol. The van der Waals surface area contributed by atoms with E-state index in [2.05, 4.69) is 60.5 Å². The summed E-state index contributed by atoms with van der Waals surface area (Å²) in [6, 6.07) is 16.9. The van der Waals surface area contributed by atoms with Crippen molar-refractivity contribution in [1.29, 1.82) is 0 Å². The van der Waals surface area contributed by atoms with Crippen molar-refractivity contribution < 1.29 is 19.7 Å². The highest BCUT2D eigenvalue weighted by atomic mass is 35.5. The number of nitrogens with one attached hydrogen (secondary N) is 1. The van der Waals surface area contributed by atoms with Gasteiger partial charge in [-0.2, -0.15) is 0 Å². The van der Waals surface area contributed by atoms with E-state index < -0.39 is 5.79 Å². The van der Waals surface area contributed by atoms with Crippen LogP contribution in [0.2, 0.25) is 0 Å². The highest BCUT2D eigenvalue weighted by Gasteiger charge is 2.22. The Morgan fingerprint density at radius 3 is 1.68 bits per heavy atom. The van der Waals surface area contributed by atoms with Crippen molar-refractivity contribution in [3.05, 3.63) is 70.8 Å². The molecular formula is C27H43ClN2O4. The first-order valence-corrected chi connectivity index (χ1v) is 12.4. The Labute approximate surface area is 210 Å². The lowest BCUT2D eigenvalue weighted by Gasteiger charge is -2.32. The van der Waals surface area contributed by atoms with Crippen LogP contribution in [0.3, 0.4) is 0 Å². The fourth-order valence-corrected chi connectivity index (χ4v) is 3.24. The molecule has 3 rings (SSSR count). The van der Waals surface area contributed by atoms with Gasteiger partial charge in [0.05, 0.1) is 26.4 Å². The molecule has 0 unspecified atom stereocenters. The summed E-state index contributed by atoms with van der Waals surface area (Å²) in [6.45, 7) is 13.9. The first-order chi connectivity index (χ1) is 16.3. The average molecular weight is 495 g/mol. The van der Waals surface area contributed by atoms with Crippen LogP contribution in [-0.4, -0.2) is 73.5 Å². The molecule has 0 spiro atoms. The normalized spacial score (nSPS) is 15.7. The lowest BCUT2D eigenvalue weighted by Crippen LogP contribution is -2.40. The summed E-state index contributed by atoms with van der Waals surface area (Å²) >= 11 is 5.58. The van der Waals surface area contributed by atoms with Crippen molar-refractivity contribution in [3.63, 3.8) is 0 Å². The van der Waals surface area contributed by atoms with E-state index in [1.807, 2.05) is 26.0 Å². The molecule has 0 radical (unpaired) electrons. The molecule has 0 aromatic heterocycles. The van der Waals surface area contributed by atoms with Gasteiger partial charge in [-0.05, 0) is 38.8 Å². The smallest absolute Gasteiger partial charge is 0.162 e. The molecule has 0 saturated carbocycles. The molecule has 1 aliphatic rings. The van der Waals surface area contributed by atoms with Crippen LogP contribution in [-0.2, 0) is 21.9 Å². The predicted octanol–water partition coefficient (Wildman–Crippen LogP) is 3.87. The molecule has 192 valence electrons. The number of nitrogens with zero attached hydrogens (tertiary/aromatic N) is 1. The van der Waals surface area contributed by atoms with Gasteiger partial charge >= 0.3 is 0 Å².